The molecule has 14 nitrogen and oxygen atoms in total. The molecule has 0 aliphatic rings. The van der Waals surface area contributed by atoms with E-state index in [1.165, 1.54) is 21.9 Å². The van der Waals surface area contributed by atoms with Gasteiger partial charge in [-0.1, -0.05) is 0 Å². The Balaban J connectivity index is 0.958. The molecule has 3 amide bonds. The first-order chi connectivity index (χ1) is 25.4. The second-order valence-corrected chi connectivity index (χ2v) is 13.7. The predicted octanol–water partition coefficient (Wildman–Crippen LogP) is 5.39. The number of nitrogens with two attached hydrogens (primary N) is 1. The monoisotopic (exact) mass is 715 g/mol. The van der Waals surface area contributed by atoms with Crippen LogP contribution < -0.4 is 26.3 Å². The third-order valence-electron chi connectivity index (χ3n) is 9.76. The molecule has 0 aliphatic carbocycles. The number of rotatable bonds is 12. The number of amidine groups is 1. The van der Waals surface area contributed by atoms with Crippen LogP contribution in [0.4, 0.5) is 11.4 Å². The summed E-state index contributed by atoms with van der Waals surface area (Å²) in [6.07, 6.45) is 10.1. The number of unbranched alkanes of at least 4 members (excludes halogenated alkanes) is 1. The van der Waals surface area contributed by atoms with E-state index < -0.39 is 5.91 Å². The van der Waals surface area contributed by atoms with Crippen molar-refractivity contribution in [1.29, 1.82) is 5.41 Å². The molecule has 5 heterocycles. The molecule has 0 bridgehead atoms. The van der Waals surface area contributed by atoms with E-state index in [2.05, 4.69) is 63.9 Å². The summed E-state index contributed by atoms with van der Waals surface area (Å²) in [5.41, 5.74) is 13.1. The molecular weight excluding hydrogens is 672 g/mol. The van der Waals surface area contributed by atoms with E-state index in [1.54, 1.807) is 47.8 Å². The quantitative estimate of drug-likeness (QED) is 0.0425. The summed E-state index contributed by atoms with van der Waals surface area (Å²) < 4.78 is 11.5. The minimum Gasteiger partial charge on any atom is -0.441 e. The normalized spacial score (nSPS) is 11.6. The van der Waals surface area contributed by atoms with Crippen molar-refractivity contribution >= 4 is 78.6 Å². The average Bonchev–Trinajstić information content (AvgIpc) is 3.88. The van der Waals surface area contributed by atoms with Gasteiger partial charge in [-0.25, -0.2) is 9.55 Å². The Kier molecular flexibility index (Phi) is 9.20. The molecule has 14 heteroatoms. The Morgan fingerprint density at radius 3 is 2.38 bits per heavy atom. The van der Waals surface area contributed by atoms with E-state index in [4.69, 9.17) is 20.5 Å². The topological polar surface area (TPSA) is 193 Å². The van der Waals surface area contributed by atoms with Crippen molar-refractivity contribution in [3.63, 3.8) is 0 Å². The zero-order chi connectivity index (χ0) is 37.6. The molecule has 0 saturated carbocycles. The highest BCUT2D eigenvalue weighted by Gasteiger charge is 2.21. The van der Waals surface area contributed by atoms with Crippen LogP contribution in [-0.4, -0.2) is 49.2 Å². The highest BCUT2D eigenvalue weighted by atomic mass is 16.3. The number of anilines is 2. The van der Waals surface area contributed by atoms with Crippen molar-refractivity contribution < 1.29 is 23.4 Å². The van der Waals surface area contributed by atoms with E-state index in [0.717, 1.165) is 32.9 Å². The summed E-state index contributed by atoms with van der Waals surface area (Å²) >= 11 is 0. The lowest BCUT2D eigenvalue weighted by atomic mass is 9.96. The lowest BCUT2D eigenvalue weighted by molar-refractivity contribution is -0.670. The number of nitrogens with one attached hydrogen (secondary N) is 5. The number of aromatic amines is 1. The molecule has 2 aromatic carbocycles. The molecule has 0 aliphatic heterocycles. The van der Waals surface area contributed by atoms with Gasteiger partial charge in [0.1, 0.15) is 24.0 Å². The number of pyridine rings is 1. The third-order valence-corrected chi connectivity index (χ3v) is 9.76. The standard InChI is InChI=1S/C39H42N10O4/c1-21-26-20-47(3)15-13-25(26)22(2)36-34(21)35-27(45-36)10-11-30-37(35)46-33(53-30)9-7-6-8-32(50)43-23-16-29(49(5)18-23)39(52)44-24-17-28(48(4)19-24)38(51)42-14-12-31(40)41/h10-11,13,15-20H,6-9,12,14H2,1-5H3,(H6,40,41,42,43,44,50,51,52)/p+1. The Morgan fingerprint density at radius 1 is 0.925 bits per heavy atom. The van der Waals surface area contributed by atoms with Crippen LogP contribution in [0.15, 0.2) is 59.5 Å². The van der Waals surface area contributed by atoms with Crippen LogP contribution in [0, 0.1) is 19.3 Å². The van der Waals surface area contributed by atoms with Gasteiger partial charge in [0, 0.05) is 80.0 Å². The Bertz CT molecular complexity index is 2600. The van der Waals surface area contributed by atoms with E-state index in [9.17, 15) is 14.4 Å². The number of aromatic nitrogens is 5. The van der Waals surface area contributed by atoms with Crippen molar-refractivity contribution in [2.45, 2.75) is 46.0 Å². The molecule has 7 N–H and O–H groups in total. The number of hydrogen-bond donors (Lipinski definition) is 6. The molecular formula is C39H43N10O4+. The van der Waals surface area contributed by atoms with Crippen molar-refractivity contribution in [2.75, 3.05) is 17.2 Å². The van der Waals surface area contributed by atoms with E-state index >= 15 is 0 Å². The van der Waals surface area contributed by atoms with Gasteiger partial charge in [0.25, 0.3) is 11.8 Å². The molecule has 272 valence electrons. The van der Waals surface area contributed by atoms with Gasteiger partial charge in [0.15, 0.2) is 23.9 Å². The number of amides is 3. The zero-order valence-electron chi connectivity index (χ0n) is 30.4. The zero-order valence-corrected chi connectivity index (χ0v) is 30.4. The second-order valence-electron chi connectivity index (χ2n) is 13.7. The predicted molar refractivity (Wildman–Crippen MR) is 205 cm³/mol. The van der Waals surface area contributed by atoms with Crippen molar-refractivity contribution in [3.8, 4) is 0 Å². The molecule has 0 spiro atoms. The van der Waals surface area contributed by atoms with E-state index in [1.807, 2.05) is 13.1 Å². The molecule has 0 radical (unpaired) electrons. The summed E-state index contributed by atoms with van der Waals surface area (Å²) in [6.45, 7) is 4.56. The summed E-state index contributed by atoms with van der Waals surface area (Å²) in [6, 6.07) is 9.36. The summed E-state index contributed by atoms with van der Waals surface area (Å²) in [5, 5.41) is 20.4. The van der Waals surface area contributed by atoms with Gasteiger partial charge in [-0.05, 0) is 67.5 Å². The van der Waals surface area contributed by atoms with E-state index in [0.29, 0.717) is 54.3 Å². The Morgan fingerprint density at radius 2 is 1.64 bits per heavy atom. The fraction of sp³-hybridized carbons (Fsp3) is 0.282. The average molecular weight is 716 g/mol. The van der Waals surface area contributed by atoms with Gasteiger partial charge in [-0.2, -0.15) is 0 Å². The van der Waals surface area contributed by atoms with Crippen LogP contribution in [0.3, 0.4) is 0 Å². The highest BCUT2D eigenvalue weighted by molar-refractivity contribution is 6.23. The van der Waals surface area contributed by atoms with Gasteiger partial charge < -0.3 is 40.2 Å². The largest absolute Gasteiger partial charge is 0.441 e. The van der Waals surface area contributed by atoms with Gasteiger partial charge in [-0.15, -0.1) is 0 Å². The minimum absolute atomic E-state index is 0.0127. The number of hydrogen-bond acceptors (Lipinski definition) is 6. The van der Waals surface area contributed by atoms with Crippen molar-refractivity contribution in [3.05, 3.63) is 83.5 Å². The van der Waals surface area contributed by atoms with Crippen molar-refractivity contribution in [1.82, 2.24) is 24.4 Å². The number of benzene rings is 2. The number of carbonyl (C=O) groups is 3. The lowest BCUT2D eigenvalue weighted by Crippen LogP contribution is -2.28. The molecule has 5 aromatic heterocycles. The molecule has 7 rings (SSSR count). The van der Waals surface area contributed by atoms with Crippen LogP contribution in [0.5, 0.6) is 0 Å². The first-order valence-corrected chi connectivity index (χ1v) is 17.5. The number of aryl methyl sites for hydroxylation is 6. The van der Waals surface area contributed by atoms with Crippen LogP contribution in [-0.2, 0) is 32.4 Å². The fourth-order valence-corrected chi connectivity index (χ4v) is 7.07. The number of nitrogens with zero attached hydrogens (tertiary/aromatic N) is 4. The first kappa shape index (κ1) is 35.0. The second kappa shape index (κ2) is 13.9. The molecule has 0 saturated heterocycles. The number of H-pyrrole nitrogens is 1. The van der Waals surface area contributed by atoms with Gasteiger partial charge in [0.05, 0.1) is 22.7 Å². The Labute approximate surface area is 304 Å². The van der Waals surface area contributed by atoms with E-state index in [-0.39, 0.29) is 30.6 Å². The summed E-state index contributed by atoms with van der Waals surface area (Å²) in [5.74, 6) is -0.260. The van der Waals surface area contributed by atoms with Crippen LogP contribution in [0.1, 0.15) is 63.7 Å². The number of fused-ring (bicyclic) bond motifs is 6. The highest BCUT2D eigenvalue weighted by Crippen LogP contribution is 2.39. The summed E-state index contributed by atoms with van der Waals surface area (Å²) in [7, 11) is 5.45. The minimum atomic E-state index is -0.391. The smallest absolute Gasteiger partial charge is 0.272 e. The summed E-state index contributed by atoms with van der Waals surface area (Å²) in [4.78, 5) is 47.0. The number of oxazole rings is 1. The molecule has 0 fully saturated rings. The fourth-order valence-electron chi connectivity index (χ4n) is 7.07. The maximum Gasteiger partial charge on any atom is 0.272 e. The molecule has 53 heavy (non-hydrogen) atoms. The van der Waals surface area contributed by atoms with Gasteiger partial charge in [-0.3, -0.25) is 19.8 Å². The Hall–Kier alpha value is -6.44. The maximum absolute atomic E-state index is 13.1. The first-order valence-electron chi connectivity index (χ1n) is 17.5. The number of carbonyl (C=O) groups excluding carboxylic acids is 3. The molecule has 7 aromatic rings. The van der Waals surface area contributed by atoms with Gasteiger partial charge in [0.2, 0.25) is 5.91 Å². The molecule has 0 unspecified atom stereocenters. The van der Waals surface area contributed by atoms with Crippen LogP contribution in [0.2, 0.25) is 0 Å². The maximum atomic E-state index is 13.1. The van der Waals surface area contributed by atoms with Crippen molar-refractivity contribution in [2.24, 2.45) is 26.9 Å². The van der Waals surface area contributed by atoms with Crippen LogP contribution >= 0.6 is 0 Å². The third kappa shape index (κ3) is 6.82. The van der Waals surface area contributed by atoms with Gasteiger partial charge >= 0.3 is 0 Å². The molecule has 0 atom stereocenters. The van der Waals surface area contributed by atoms with Crippen LogP contribution in [0.25, 0.3) is 43.7 Å². The SMILES string of the molecule is Cc1c2cc[n+](C)cc2c(C)c2c1[nH]c1ccc3oc(CCCCC(=O)Nc4cc(C(=O)Nc5cc(C(=O)NCCC(=N)N)n(C)c5)n(C)c4)nc3c12. The lowest BCUT2D eigenvalue weighted by Gasteiger charge is -2.07.